The van der Waals surface area contributed by atoms with Gasteiger partial charge in [-0.15, -0.1) is 0 Å². The van der Waals surface area contributed by atoms with Crippen molar-refractivity contribution < 1.29 is 4.92 Å². The van der Waals surface area contributed by atoms with Crippen molar-refractivity contribution in [2.24, 2.45) is 0 Å². The molecule has 0 saturated heterocycles. The van der Waals surface area contributed by atoms with Gasteiger partial charge >= 0.3 is 0 Å². The molecule has 2 aromatic carbocycles. The largest absolute Gasteiger partial charge is 0.319 e. The highest BCUT2D eigenvalue weighted by Gasteiger charge is 2.28. The summed E-state index contributed by atoms with van der Waals surface area (Å²) >= 11 is 12.5. The van der Waals surface area contributed by atoms with Crippen LogP contribution in [0, 0.1) is 10.1 Å². The predicted molar refractivity (Wildman–Crippen MR) is 113 cm³/mol. The van der Waals surface area contributed by atoms with E-state index in [0.29, 0.717) is 15.6 Å². The van der Waals surface area contributed by atoms with Crippen molar-refractivity contribution in [2.45, 2.75) is 5.92 Å². The molecule has 4 rings (SSSR count). The van der Waals surface area contributed by atoms with E-state index in [1.165, 1.54) is 0 Å². The molecule has 0 radical (unpaired) electrons. The fraction of sp³-hybridized carbons (Fsp3) is 0.0909. The van der Waals surface area contributed by atoms with Gasteiger partial charge in [0.15, 0.2) is 0 Å². The number of rotatable bonds is 5. The molecule has 0 saturated carbocycles. The van der Waals surface area contributed by atoms with Gasteiger partial charge in [0.1, 0.15) is 0 Å². The summed E-state index contributed by atoms with van der Waals surface area (Å²) in [5.74, 6) is -0.528. The summed E-state index contributed by atoms with van der Waals surface area (Å²) in [6, 6.07) is 22.9. The van der Waals surface area contributed by atoms with Crippen molar-refractivity contribution in [3.63, 3.8) is 0 Å². The normalized spacial score (nSPS) is 12.2. The van der Waals surface area contributed by atoms with E-state index in [4.69, 9.17) is 23.2 Å². The Labute approximate surface area is 172 Å². The monoisotopic (exact) mass is 410 g/mol. The fourth-order valence-electron chi connectivity index (χ4n) is 3.61. The van der Waals surface area contributed by atoms with E-state index in [2.05, 4.69) is 6.07 Å². The molecule has 6 heteroatoms. The van der Waals surface area contributed by atoms with Crippen LogP contribution < -0.4 is 0 Å². The van der Waals surface area contributed by atoms with E-state index in [1.54, 1.807) is 18.2 Å². The number of nitro groups is 1. The number of hydrogen-bond acceptors (Lipinski definition) is 2. The van der Waals surface area contributed by atoms with Crippen LogP contribution in [-0.4, -0.2) is 15.9 Å². The lowest BCUT2D eigenvalue weighted by atomic mass is 9.91. The average Bonchev–Trinajstić information content (AvgIpc) is 3.06. The fourth-order valence-corrected chi connectivity index (χ4v) is 4.15. The lowest BCUT2D eigenvalue weighted by Gasteiger charge is -2.18. The summed E-state index contributed by atoms with van der Waals surface area (Å²) < 4.78 is 2.00. The molecule has 0 fully saturated rings. The first kappa shape index (κ1) is 18.5. The zero-order valence-electron chi connectivity index (χ0n) is 14.8. The van der Waals surface area contributed by atoms with Gasteiger partial charge in [-0.25, -0.2) is 0 Å². The van der Waals surface area contributed by atoms with E-state index in [1.807, 2.05) is 59.1 Å². The summed E-state index contributed by atoms with van der Waals surface area (Å²) in [5.41, 5.74) is 4.44. The Bertz CT molecular complexity index is 1160. The van der Waals surface area contributed by atoms with Gasteiger partial charge < -0.3 is 4.40 Å². The van der Waals surface area contributed by atoms with Crippen LogP contribution in [0.1, 0.15) is 17.2 Å². The van der Waals surface area contributed by atoms with Gasteiger partial charge in [0.05, 0.1) is 5.92 Å². The Morgan fingerprint density at radius 3 is 2.43 bits per heavy atom. The van der Waals surface area contributed by atoms with Crippen LogP contribution in [0.15, 0.2) is 79.0 Å². The minimum absolute atomic E-state index is 0.276. The standard InChI is InChI=1S/C22H16Cl2N2O2/c23-16-9-10-18(21(24)12-16)20(14-26(27)28)22-19(15-6-2-1-3-7-15)13-17-8-4-5-11-25(17)22/h1-13,20H,14H2/t20-/m1/s1. The first-order valence-corrected chi connectivity index (χ1v) is 9.52. The molecule has 140 valence electrons. The van der Waals surface area contributed by atoms with Crippen molar-refractivity contribution in [1.29, 1.82) is 0 Å². The maximum atomic E-state index is 11.6. The molecular weight excluding hydrogens is 395 g/mol. The highest BCUT2D eigenvalue weighted by atomic mass is 35.5. The number of fused-ring (bicyclic) bond motifs is 1. The molecule has 4 nitrogen and oxygen atoms in total. The molecular formula is C22H16Cl2N2O2. The SMILES string of the molecule is O=[N+]([O-])C[C@H](c1ccc(Cl)cc1Cl)c1c(-c2ccccc2)cc2ccccn12. The lowest BCUT2D eigenvalue weighted by molar-refractivity contribution is -0.481. The number of halogens is 2. The summed E-state index contributed by atoms with van der Waals surface area (Å²) in [4.78, 5) is 11.3. The Kier molecular flexibility index (Phi) is 5.07. The van der Waals surface area contributed by atoms with Crippen LogP contribution in [0.2, 0.25) is 10.0 Å². The summed E-state index contributed by atoms with van der Waals surface area (Å²) in [6.07, 6.45) is 1.92. The number of aromatic nitrogens is 1. The van der Waals surface area contributed by atoms with E-state index < -0.39 is 5.92 Å². The Balaban J connectivity index is 2.01. The van der Waals surface area contributed by atoms with Crippen molar-refractivity contribution in [3.8, 4) is 11.1 Å². The van der Waals surface area contributed by atoms with Crippen molar-refractivity contribution in [1.82, 2.24) is 4.40 Å². The van der Waals surface area contributed by atoms with Crippen LogP contribution in [0.25, 0.3) is 16.6 Å². The molecule has 1 atom stereocenters. The highest BCUT2D eigenvalue weighted by Crippen LogP contribution is 2.39. The molecule has 28 heavy (non-hydrogen) atoms. The Morgan fingerprint density at radius 1 is 0.964 bits per heavy atom. The third-order valence-electron chi connectivity index (χ3n) is 4.80. The van der Waals surface area contributed by atoms with Crippen LogP contribution in [0.5, 0.6) is 0 Å². The van der Waals surface area contributed by atoms with E-state index in [0.717, 1.165) is 22.3 Å². The lowest BCUT2D eigenvalue weighted by Crippen LogP contribution is -2.17. The minimum Gasteiger partial charge on any atom is -0.319 e. The van der Waals surface area contributed by atoms with Crippen LogP contribution in [-0.2, 0) is 0 Å². The Hall–Kier alpha value is -2.82. The van der Waals surface area contributed by atoms with Crippen LogP contribution in [0.4, 0.5) is 0 Å². The highest BCUT2D eigenvalue weighted by molar-refractivity contribution is 6.35. The molecule has 0 bridgehead atoms. The van der Waals surface area contributed by atoms with Gasteiger partial charge in [-0.05, 0) is 41.5 Å². The van der Waals surface area contributed by atoms with Crippen LogP contribution >= 0.6 is 23.2 Å². The predicted octanol–water partition coefficient (Wildman–Crippen LogP) is 6.32. The van der Waals surface area contributed by atoms with Gasteiger partial charge in [-0.3, -0.25) is 10.1 Å². The summed E-state index contributed by atoms with van der Waals surface area (Å²) in [7, 11) is 0. The second-order valence-electron chi connectivity index (χ2n) is 6.54. The first-order valence-electron chi connectivity index (χ1n) is 8.77. The number of nitrogens with zero attached hydrogens (tertiary/aromatic N) is 2. The van der Waals surface area contributed by atoms with Gasteiger partial charge in [0, 0.05) is 37.9 Å². The molecule has 0 aliphatic heterocycles. The topological polar surface area (TPSA) is 47.5 Å². The molecule has 0 spiro atoms. The zero-order valence-corrected chi connectivity index (χ0v) is 16.3. The quantitative estimate of drug-likeness (QED) is 0.285. The first-order chi connectivity index (χ1) is 13.5. The maximum Gasteiger partial charge on any atom is 0.216 e. The maximum absolute atomic E-state index is 11.6. The molecule has 0 aliphatic rings. The Morgan fingerprint density at radius 2 is 1.71 bits per heavy atom. The summed E-state index contributed by atoms with van der Waals surface area (Å²) in [5, 5.41) is 12.5. The van der Waals surface area contributed by atoms with Gasteiger partial charge in [-0.2, -0.15) is 0 Å². The molecule has 0 amide bonds. The van der Waals surface area contributed by atoms with Gasteiger partial charge in [0.25, 0.3) is 0 Å². The van der Waals surface area contributed by atoms with Crippen molar-refractivity contribution in [2.75, 3.05) is 6.54 Å². The van der Waals surface area contributed by atoms with E-state index >= 15 is 0 Å². The average molecular weight is 411 g/mol. The van der Waals surface area contributed by atoms with Crippen molar-refractivity contribution in [3.05, 3.63) is 110 Å². The van der Waals surface area contributed by atoms with Gasteiger partial charge in [-0.1, -0.05) is 65.7 Å². The number of pyridine rings is 1. The van der Waals surface area contributed by atoms with E-state index in [-0.39, 0.29) is 11.5 Å². The molecule has 0 aliphatic carbocycles. The molecule has 0 unspecified atom stereocenters. The zero-order chi connectivity index (χ0) is 19.7. The third-order valence-corrected chi connectivity index (χ3v) is 5.37. The third kappa shape index (κ3) is 3.49. The minimum atomic E-state index is -0.528. The molecule has 2 heterocycles. The molecule has 0 N–H and O–H groups in total. The second kappa shape index (κ2) is 7.66. The number of hydrogen-bond donors (Lipinski definition) is 0. The number of benzene rings is 2. The van der Waals surface area contributed by atoms with Crippen LogP contribution in [0.3, 0.4) is 0 Å². The van der Waals surface area contributed by atoms with E-state index in [9.17, 15) is 10.1 Å². The van der Waals surface area contributed by atoms with Crippen molar-refractivity contribution >= 4 is 28.7 Å². The second-order valence-corrected chi connectivity index (χ2v) is 7.38. The molecule has 2 aromatic heterocycles. The van der Waals surface area contributed by atoms with Gasteiger partial charge in [0.2, 0.25) is 6.54 Å². The molecule has 4 aromatic rings. The smallest absolute Gasteiger partial charge is 0.216 e. The summed E-state index contributed by atoms with van der Waals surface area (Å²) in [6.45, 7) is -0.276.